The summed E-state index contributed by atoms with van der Waals surface area (Å²) in [7, 11) is 0. The molecule has 0 saturated heterocycles. The van der Waals surface area contributed by atoms with Crippen LogP contribution in [0.3, 0.4) is 0 Å². The van der Waals surface area contributed by atoms with Crippen LogP contribution >= 0.6 is 11.8 Å². The number of aromatic nitrogens is 6. The number of hydrogen-bond acceptors (Lipinski definition) is 6. The third-order valence-electron chi connectivity index (χ3n) is 4.70. The third kappa shape index (κ3) is 5.63. The number of alkyl halides is 3. The van der Waals surface area contributed by atoms with Crippen molar-refractivity contribution in [1.82, 2.24) is 29.5 Å². The van der Waals surface area contributed by atoms with Crippen molar-refractivity contribution in [2.24, 2.45) is 0 Å². The van der Waals surface area contributed by atoms with Crippen molar-refractivity contribution in [3.8, 4) is 17.1 Å². The van der Waals surface area contributed by atoms with Crippen LogP contribution in [-0.2, 0) is 11.3 Å². The highest BCUT2D eigenvalue weighted by Crippen LogP contribution is 2.28. The molecule has 0 unspecified atom stereocenters. The molecule has 0 fully saturated rings. The Bertz CT molecular complexity index is 1280. The molecule has 0 atom stereocenters. The van der Waals surface area contributed by atoms with Crippen molar-refractivity contribution < 1.29 is 18.0 Å². The predicted octanol–water partition coefficient (Wildman–Crippen LogP) is 4.44. The van der Waals surface area contributed by atoms with Crippen LogP contribution in [0.1, 0.15) is 11.3 Å². The standard InChI is InChI=1S/C22H20F3N7OS/c1-14-3-5-17(6-4-14)32-18(11-15(2)30-32)27-19(33)12-34-21-29-28-20(16-7-9-26-10-8-16)31(21)13-22(23,24)25/h3-11H,12-13H2,1-2H3,(H,27,33). The van der Waals surface area contributed by atoms with E-state index >= 15 is 0 Å². The van der Waals surface area contributed by atoms with Gasteiger partial charge in [0.15, 0.2) is 11.0 Å². The number of pyridine rings is 1. The van der Waals surface area contributed by atoms with Crippen LogP contribution < -0.4 is 5.32 Å². The van der Waals surface area contributed by atoms with Gasteiger partial charge in [-0.1, -0.05) is 29.5 Å². The lowest BCUT2D eigenvalue weighted by atomic mass is 10.2. The molecule has 12 heteroatoms. The van der Waals surface area contributed by atoms with Crippen LogP contribution in [-0.4, -0.2) is 47.4 Å². The van der Waals surface area contributed by atoms with Gasteiger partial charge in [-0.2, -0.15) is 18.3 Å². The van der Waals surface area contributed by atoms with E-state index in [1.165, 1.54) is 12.4 Å². The first-order valence-corrected chi connectivity index (χ1v) is 11.1. The number of hydrogen-bond donors (Lipinski definition) is 1. The van der Waals surface area contributed by atoms with E-state index in [2.05, 4.69) is 25.6 Å². The predicted molar refractivity (Wildman–Crippen MR) is 122 cm³/mol. The molecule has 176 valence electrons. The van der Waals surface area contributed by atoms with E-state index in [0.29, 0.717) is 17.1 Å². The Labute approximate surface area is 197 Å². The Kier molecular flexibility index (Phi) is 6.68. The van der Waals surface area contributed by atoms with Crippen LogP contribution in [0, 0.1) is 13.8 Å². The highest BCUT2D eigenvalue weighted by atomic mass is 32.2. The maximum Gasteiger partial charge on any atom is 0.406 e. The van der Waals surface area contributed by atoms with Gasteiger partial charge in [-0.3, -0.25) is 14.3 Å². The van der Waals surface area contributed by atoms with Crippen LogP contribution in [0.25, 0.3) is 17.1 Å². The van der Waals surface area contributed by atoms with Gasteiger partial charge in [-0.15, -0.1) is 10.2 Å². The normalized spacial score (nSPS) is 11.6. The molecule has 1 N–H and O–H groups in total. The fourth-order valence-electron chi connectivity index (χ4n) is 3.21. The second-order valence-electron chi connectivity index (χ2n) is 7.50. The molecule has 0 spiro atoms. The number of nitrogens with one attached hydrogen (secondary N) is 1. The van der Waals surface area contributed by atoms with Crippen molar-refractivity contribution in [3.05, 3.63) is 66.1 Å². The van der Waals surface area contributed by atoms with Gasteiger partial charge < -0.3 is 5.32 Å². The van der Waals surface area contributed by atoms with Gasteiger partial charge in [0.05, 0.1) is 17.1 Å². The zero-order chi connectivity index (χ0) is 24.3. The lowest BCUT2D eigenvalue weighted by Gasteiger charge is -2.13. The van der Waals surface area contributed by atoms with E-state index in [0.717, 1.165) is 27.6 Å². The Hall–Kier alpha value is -3.67. The number of rotatable bonds is 7. The summed E-state index contributed by atoms with van der Waals surface area (Å²) in [4.78, 5) is 16.5. The van der Waals surface area contributed by atoms with Crippen LogP contribution in [0.4, 0.5) is 19.0 Å². The molecule has 34 heavy (non-hydrogen) atoms. The van der Waals surface area contributed by atoms with E-state index in [9.17, 15) is 18.0 Å². The number of nitrogens with zero attached hydrogens (tertiary/aromatic N) is 6. The molecule has 0 aliphatic heterocycles. The monoisotopic (exact) mass is 487 g/mol. The average Bonchev–Trinajstić information content (AvgIpc) is 3.35. The topological polar surface area (TPSA) is 90.5 Å². The second kappa shape index (κ2) is 9.67. The lowest BCUT2D eigenvalue weighted by molar-refractivity contribution is -0.141. The van der Waals surface area contributed by atoms with Gasteiger partial charge in [0.25, 0.3) is 0 Å². The Morgan fingerprint density at radius 1 is 1.06 bits per heavy atom. The molecule has 8 nitrogen and oxygen atoms in total. The Balaban J connectivity index is 1.51. The lowest BCUT2D eigenvalue weighted by Crippen LogP contribution is -2.20. The van der Waals surface area contributed by atoms with Crippen molar-refractivity contribution in [3.63, 3.8) is 0 Å². The SMILES string of the molecule is Cc1ccc(-n2nc(C)cc2NC(=O)CSc2nnc(-c3ccncc3)n2CC(F)(F)F)cc1. The Morgan fingerprint density at radius 3 is 2.44 bits per heavy atom. The average molecular weight is 488 g/mol. The molecule has 4 rings (SSSR count). The van der Waals surface area contributed by atoms with Crippen molar-refractivity contribution in [2.75, 3.05) is 11.1 Å². The van der Waals surface area contributed by atoms with E-state index in [1.807, 2.05) is 31.2 Å². The van der Waals surface area contributed by atoms with Crippen LogP contribution in [0.2, 0.25) is 0 Å². The minimum Gasteiger partial charge on any atom is -0.310 e. The molecule has 0 saturated carbocycles. The second-order valence-corrected chi connectivity index (χ2v) is 8.44. The molecule has 4 aromatic rings. The molecule has 0 radical (unpaired) electrons. The summed E-state index contributed by atoms with van der Waals surface area (Å²) in [5.74, 6) is -0.0630. The molecular formula is C22H20F3N7OS. The summed E-state index contributed by atoms with van der Waals surface area (Å²) >= 11 is 0.873. The van der Waals surface area contributed by atoms with Gasteiger partial charge in [0, 0.05) is 24.0 Å². The van der Waals surface area contributed by atoms with Crippen molar-refractivity contribution in [2.45, 2.75) is 31.7 Å². The van der Waals surface area contributed by atoms with E-state index in [4.69, 9.17) is 0 Å². The van der Waals surface area contributed by atoms with Crippen molar-refractivity contribution in [1.29, 1.82) is 0 Å². The van der Waals surface area contributed by atoms with Crippen LogP contribution in [0.15, 0.2) is 60.0 Å². The van der Waals surface area contributed by atoms with Gasteiger partial charge in [-0.05, 0) is 38.1 Å². The number of carbonyl (C=O) groups excluding carboxylic acids is 1. The van der Waals surface area contributed by atoms with Gasteiger partial charge in [0.1, 0.15) is 12.4 Å². The number of aryl methyl sites for hydroxylation is 2. The minimum atomic E-state index is -4.49. The number of thioether (sulfide) groups is 1. The molecule has 0 aliphatic carbocycles. The van der Waals surface area contributed by atoms with E-state index in [1.54, 1.807) is 29.8 Å². The summed E-state index contributed by atoms with van der Waals surface area (Å²) in [6, 6.07) is 12.4. The molecule has 0 bridgehead atoms. The number of carbonyl (C=O) groups is 1. The fraction of sp³-hybridized carbons (Fsp3) is 0.227. The smallest absolute Gasteiger partial charge is 0.310 e. The molecule has 0 aliphatic rings. The molecular weight excluding hydrogens is 467 g/mol. The minimum absolute atomic E-state index is 0.0116. The largest absolute Gasteiger partial charge is 0.406 e. The van der Waals surface area contributed by atoms with Gasteiger partial charge >= 0.3 is 6.18 Å². The molecule has 3 aromatic heterocycles. The van der Waals surface area contributed by atoms with Crippen LogP contribution in [0.5, 0.6) is 0 Å². The maximum atomic E-state index is 13.2. The number of anilines is 1. The summed E-state index contributed by atoms with van der Waals surface area (Å²) in [6.07, 6.45) is -1.57. The van der Waals surface area contributed by atoms with Gasteiger partial charge in [-0.25, -0.2) is 4.68 Å². The molecule has 3 heterocycles. The summed E-state index contributed by atoms with van der Waals surface area (Å²) in [6.45, 7) is 2.49. The summed E-state index contributed by atoms with van der Waals surface area (Å²) in [5, 5.41) is 15.0. The fourth-order valence-corrected chi connectivity index (χ4v) is 3.95. The molecule has 1 aromatic carbocycles. The summed E-state index contributed by atoms with van der Waals surface area (Å²) in [5.41, 5.74) is 3.01. The van der Waals surface area contributed by atoms with E-state index < -0.39 is 18.6 Å². The zero-order valence-corrected chi connectivity index (χ0v) is 19.1. The highest BCUT2D eigenvalue weighted by Gasteiger charge is 2.31. The Morgan fingerprint density at radius 2 is 1.76 bits per heavy atom. The van der Waals surface area contributed by atoms with Crippen molar-refractivity contribution >= 4 is 23.5 Å². The first kappa shape index (κ1) is 23.5. The zero-order valence-electron chi connectivity index (χ0n) is 18.2. The van der Waals surface area contributed by atoms with Gasteiger partial charge in [0.2, 0.25) is 5.91 Å². The first-order valence-electron chi connectivity index (χ1n) is 10.2. The summed E-state index contributed by atoms with van der Waals surface area (Å²) < 4.78 is 42.2. The maximum absolute atomic E-state index is 13.2. The highest BCUT2D eigenvalue weighted by molar-refractivity contribution is 7.99. The first-order chi connectivity index (χ1) is 16.2. The quantitative estimate of drug-likeness (QED) is 0.388. The molecule has 1 amide bonds. The number of halogens is 3. The number of amides is 1. The third-order valence-corrected chi connectivity index (χ3v) is 5.67. The number of benzene rings is 1. The van der Waals surface area contributed by atoms with E-state index in [-0.39, 0.29) is 16.7 Å².